The number of piperazine rings is 1. The zero-order chi connectivity index (χ0) is 24.2. The minimum atomic E-state index is -0.0266. The fraction of sp³-hybridized carbons (Fsp3) is 0.222. The van der Waals surface area contributed by atoms with Crippen molar-refractivity contribution in [3.63, 3.8) is 0 Å². The van der Waals surface area contributed by atoms with E-state index in [2.05, 4.69) is 15.5 Å². The molecule has 4 aromatic rings. The van der Waals surface area contributed by atoms with Gasteiger partial charge in [0.05, 0.1) is 12.6 Å². The van der Waals surface area contributed by atoms with Gasteiger partial charge < -0.3 is 19.9 Å². The molecular weight excluding hydrogens is 442 g/mol. The number of fused-ring (bicyclic) bond motifs is 1. The maximum atomic E-state index is 13.0. The Balaban J connectivity index is 1.14. The second kappa shape index (κ2) is 9.89. The van der Waals surface area contributed by atoms with Gasteiger partial charge in [0.15, 0.2) is 5.82 Å². The van der Waals surface area contributed by atoms with Gasteiger partial charge in [0.25, 0.3) is 11.8 Å². The molecule has 8 heteroatoms. The summed E-state index contributed by atoms with van der Waals surface area (Å²) in [6.45, 7) is 2.65. The molecule has 2 N–H and O–H groups in total. The van der Waals surface area contributed by atoms with Gasteiger partial charge in [-0.2, -0.15) is 5.10 Å². The molecule has 0 aliphatic carbocycles. The quantitative estimate of drug-likeness (QED) is 0.449. The fourth-order valence-electron chi connectivity index (χ4n) is 4.26. The standard InChI is InChI=1S/C27H27N5O3/c1-35-22-12-10-21(11-13-22)27(34)32-16-14-31(15-17-32)26(33)20-8-6-19(7-9-20)18-28-25-23-4-2-3-5-24(23)29-30-25/h2-13H,14-18H2,1H3,(H2,28,29,30). The predicted octanol–water partition coefficient (Wildman–Crippen LogP) is 3.78. The van der Waals surface area contributed by atoms with Gasteiger partial charge in [-0.05, 0) is 54.1 Å². The zero-order valence-electron chi connectivity index (χ0n) is 19.5. The number of H-pyrrole nitrogens is 1. The van der Waals surface area contributed by atoms with Gasteiger partial charge in [-0.15, -0.1) is 0 Å². The molecule has 0 radical (unpaired) electrons. The van der Waals surface area contributed by atoms with E-state index in [1.165, 1.54) is 0 Å². The summed E-state index contributed by atoms with van der Waals surface area (Å²) < 4.78 is 5.15. The second-order valence-corrected chi connectivity index (χ2v) is 8.48. The first-order valence-corrected chi connectivity index (χ1v) is 11.6. The first-order chi connectivity index (χ1) is 17.1. The first-order valence-electron chi connectivity index (χ1n) is 11.6. The molecule has 2 amide bonds. The molecule has 0 bridgehead atoms. The van der Waals surface area contributed by atoms with Crippen LogP contribution in [0, 0.1) is 0 Å². The predicted molar refractivity (Wildman–Crippen MR) is 135 cm³/mol. The van der Waals surface area contributed by atoms with E-state index >= 15 is 0 Å². The molecule has 0 atom stereocenters. The molecule has 1 saturated heterocycles. The lowest BCUT2D eigenvalue weighted by atomic mass is 10.1. The smallest absolute Gasteiger partial charge is 0.253 e. The highest BCUT2D eigenvalue weighted by atomic mass is 16.5. The van der Waals surface area contributed by atoms with Gasteiger partial charge in [0.2, 0.25) is 0 Å². The molecule has 35 heavy (non-hydrogen) atoms. The van der Waals surface area contributed by atoms with Crippen LogP contribution in [0.4, 0.5) is 5.82 Å². The average molecular weight is 470 g/mol. The molecule has 0 unspecified atom stereocenters. The number of nitrogens with zero attached hydrogens (tertiary/aromatic N) is 3. The number of nitrogens with one attached hydrogen (secondary N) is 2. The van der Waals surface area contributed by atoms with Crippen LogP contribution in [-0.4, -0.2) is 65.1 Å². The minimum Gasteiger partial charge on any atom is -0.497 e. The van der Waals surface area contributed by atoms with Crippen LogP contribution in [0.5, 0.6) is 5.75 Å². The van der Waals surface area contributed by atoms with Gasteiger partial charge >= 0.3 is 0 Å². The van der Waals surface area contributed by atoms with Crippen molar-refractivity contribution in [1.82, 2.24) is 20.0 Å². The van der Waals surface area contributed by atoms with Crippen molar-refractivity contribution in [2.24, 2.45) is 0 Å². The number of anilines is 1. The highest BCUT2D eigenvalue weighted by Gasteiger charge is 2.25. The lowest BCUT2D eigenvalue weighted by molar-refractivity contribution is 0.0535. The highest BCUT2D eigenvalue weighted by Crippen LogP contribution is 2.20. The van der Waals surface area contributed by atoms with Crippen LogP contribution >= 0.6 is 0 Å². The third-order valence-corrected chi connectivity index (χ3v) is 6.32. The number of hydrogen-bond donors (Lipinski definition) is 2. The van der Waals surface area contributed by atoms with Crippen LogP contribution in [0.15, 0.2) is 72.8 Å². The number of aromatic amines is 1. The van der Waals surface area contributed by atoms with Crippen LogP contribution in [-0.2, 0) is 6.54 Å². The average Bonchev–Trinajstić information content (AvgIpc) is 3.34. The van der Waals surface area contributed by atoms with Crippen molar-refractivity contribution in [3.8, 4) is 5.75 Å². The minimum absolute atomic E-state index is 0.0145. The summed E-state index contributed by atoms with van der Waals surface area (Å²) in [6.07, 6.45) is 0. The van der Waals surface area contributed by atoms with Gasteiger partial charge in [0, 0.05) is 49.2 Å². The number of benzene rings is 3. The maximum Gasteiger partial charge on any atom is 0.253 e. The van der Waals surface area contributed by atoms with E-state index in [4.69, 9.17) is 4.74 Å². The number of amides is 2. The topological polar surface area (TPSA) is 90.6 Å². The van der Waals surface area contributed by atoms with Crippen molar-refractivity contribution in [3.05, 3.63) is 89.5 Å². The SMILES string of the molecule is COc1ccc(C(=O)N2CCN(C(=O)c3ccc(CNc4n[nH]c5ccccc45)cc3)CC2)cc1. The van der Waals surface area contributed by atoms with Crippen molar-refractivity contribution >= 4 is 28.5 Å². The van der Waals surface area contributed by atoms with E-state index in [0.29, 0.717) is 49.6 Å². The van der Waals surface area contributed by atoms with Gasteiger partial charge in [0.1, 0.15) is 5.75 Å². The van der Waals surface area contributed by atoms with Gasteiger partial charge in [-0.3, -0.25) is 14.7 Å². The molecule has 0 saturated carbocycles. The Bertz CT molecular complexity index is 1320. The van der Waals surface area contributed by atoms with E-state index in [9.17, 15) is 9.59 Å². The number of carbonyl (C=O) groups excluding carboxylic acids is 2. The number of aromatic nitrogens is 2. The molecular formula is C27H27N5O3. The maximum absolute atomic E-state index is 13.0. The van der Waals surface area contributed by atoms with Crippen LogP contribution in [0.25, 0.3) is 10.9 Å². The summed E-state index contributed by atoms with van der Waals surface area (Å²) in [5.74, 6) is 1.48. The van der Waals surface area contributed by atoms with Crippen molar-refractivity contribution < 1.29 is 14.3 Å². The Hall–Kier alpha value is -4.33. The Morgan fingerprint density at radius 2 is 1.43 bits per heavy atom. The third kappa shape index (κ3) is 4.82. The van der Waals surface area contributed by atoms with Crippen molar-refractivity contribution in [2.45, 2.75) is 6.54 Å². The third-order valence-electron chi connectivity index (χ3n) is 6.32. The van der Waals surface area contributed by atoms with E-state index in [1.54, 1.807) is 41.2 Å². The Labute approximate surface area is 203 Å². The first kappa shape index (κ1) is 22.5. The summed E-state index contributed by atoms with van der Waals surface area (Å²) in [5.41, 5.74) is 3.32. The van der Waals surface area contributed by atoms with Crippen molar-refractivity contribution in [1.29, 1.82) is 0 Å². The Morgan fingerprint density at radius 1 is 0.857 bits per heavy atom. The summed E-state index contributed by atoms with van der Waals surface area (Å²) in [5, 5.41) is 11.7. The van der Waals surface area contributed by atoms with Crippen LogP contribution in [0.2, 0.25) is 0 Å². The summed E-state index contributed by atoms with van der Waals surface area (Å²) in [4.78, 5) is 29.4. The molecule has 1 aliphatic rings. The molecule has 8 nitrogen and oxygen atoms in total. The van der Waals surface area contributed by atoms with Gasteiger partial charge in [-0.1, -0.05) is 24.3 Å². The molecule has 178 valence electrons. The van der Waals surface area contributed by atoms with E-state index in [0.717, 1.165) is 22.3 Å². The lowest BCUT2D eigenvalue weighted by Crippen LogP contribution is -2.50. The highest BCUT2D eigenvalue weighted by molar-refractivity contribution is 5.96. The lowest BCUT2D eigenvalue weighted by Gasteiger charge is -2.35. The fourth-order valence-corrected chi connectivity index (χ4v) is 4.26. The number of methoxy groups -OCH3 is 1. The van der Waals surface area contributed by atoms with Crippen LogP contribution in [0.3, 0.4) is 0 Å². The van der Waals surface area contributed by atoms with E-state index in [-0.39, 0.29) is 11.8 Å². The second-order valence-electron chi connectivity index (χ2n) is 8.48. The number of rotatable bonds is 6. The zero-order valence-corrected chi connectivity index (χ0v) is 19.5. The number of hydrogen-bond acceptors (Lipinski definition) is 5. The molecule has 2 heterocycles. The number of para-hydroxylation sites is 1. The number of ether oxygens (including phenoxy) is 1. The Kier molecular flexibility index (Phi) is 6.34. The normalized spacial score (nSPS) is 13.6. The molecule has 1 aliphatic heterocycles. The monoisotopic (exact) mass is 469 g/mol. The number of carbonyl (C=O) groups is 2. The van der Waals surface area contributed by atoms with E-state index in [1.807, 2.05) is 48.5 Å². The molecule has 5 rings (SSSR count). The molecule has 3 aromatic carbocycles. The van der Waals surface area contributed by atoms with E-state index < -0.39 is 0 Å². The van der Waals surface area contributed by atoms with Crippen LogP contribution < -0.4 is 10.1 Å². The molecule has 0 spiro atoms. The molecule has 1 aromatic heterocycles. The summed E-state index contributed by atoms with van der Waals surface area (Å²) >= 11 is 0. The van der Waals surface area contributed by atoms with Crippen molar-refractivity contribution in [2.75, 3.05) is 38.6 Å². The van der Waals surface area contributed by atoms with Crippen LogP contribution in [0.1, 0.15) is 26.3 Å². The summed E-state index contributed by atoms with van der Waals surface area (Å²) in [6, 6.07) is 22.7. The summed E-state index contributed by atoms with van der Waals surface area (Å²) in [7, 11) is 1.60. The largest absolute Gasteiger partial charge is 0.497 e. The molecule has 1 fully saturated rings. The van der Waals surface area contributed by atoms with Gasteiger partial charge in [-0.25, -0.2) is 0 Å². The Morgan fingerprint density at radius 3 is 2.03 bits per heavy atom.